The lowest BCUT2D eigenvalue weighted by Gasteiger charge is -2.24. The van der Waals surface area contributed by atoms with Gasteiger partial charge >= 0.3 is 6.18 Å². The molecule has 0 aliphatic heterocycles. The van der Waals surface area contributed by atoms with Gasteiger partial charge in [-0.2, -0.15) is 13.2 Å². The first kappa shape index (κ1) is 12.7. The number of anilines is 1. The van der Waals surface area contributed by atoms with E-state index in [1.165, 1.54) is 12.4 Å². The molecule has 90 valence electrons. The minimum absolute atomic E-state index is 0.0963. The number of aryl methyl sites for hydroxylation is 1. The molecule has 16 heavy (non-hydrogen) atoms. The molecule has 0 unspecified atom stereocenters. The first-order chi connectivity index (χ1) is 7.44. The maximum absolute atomic E-state index is 12.3. The largest absolute Gasteiger partial charge is 0.405 e. The second-order valence-corrected chi connectivity index (χ2v) is 3.29. The zero-order chi connectivity index (χ0) is 12.2. The van der Waals surface area contributed by atoms with E-state index >= 15 is 0 Å². The van der Waals surface area contributed by atoms with Crippen LogP contribution < -0.4 is 10.6 Å². The molecule has 0 amide bonds. The van der Waals surface area contributed by atoms with E-state index in [4.69, 9.17) is 5.73 Å². The van der Waals surface area contributed by atoms with Gasteiger partial charge in [0, 0.05) is 25.5 Å². The fraction of sp³-hybridized carbons (Fsp3) is 0.556. The van der Waals surface area contributed by atoms with E-state index in [-0.39, 0.29) is 18.9 Å². The van der Waals surface area contributed by atoms with Crippen LogP contribution in [0, 0.1) is 6.92 Å². The third-order valence-electron chi connectivity index (χ3n) is 1.92. The van der Waals surface area contributed by atoms with Gasteiger partial charge in [-0.3, -0.25) is 4.98 Å². The van der Waals surface area contributed by atoms with Gasteiger partial charge in [0.2, 0.25) is 0 Å². The van der Waals surface area contributed by atoms with Gasteiger partial charge in [-0.05, 0) is 6.92 Å². The van der Waals surface area contributed by atoms with Crippen molar-refractivity contribution in [2.24, 2.45) is 5.73 Å². The maximum Gasteiger partial charge on any atom is 0.405 e. The molecule has 0 radical (unpaired) electrons. The van der Waals surface area contributed by atoms with Crippen LogP contribution in [0.3, 0.4) is 0 Å². The van der Waals surface area contributed by atoms with Crippen molar-refractivity contribution in [2.75, 3.05) is 24.5 Å². The minimum atomic E-state index is -4.28. The quantitative estimate of drug-likeness (QED) is 0.848. The van der Waals surface area contributed by atoms with Crippen molar-refractivity contribution in [3.05, 3.63) is 18.1 Å². The van der Waals surface area contributed by atoms with E-state index in [0.717, 1.165) is 4.90 Å². The average Bonchev–Trinajstić information content (AvgIpc) is 2.16. The van der Waals surface area contributed by atoms with Gasteiger partial charge in [0.15, 0.2) is 0 Å². The molecule has 0 aliphatic rings. The Balaban J connectivity index is 2.89. The Morgan fingerprint density at radius 1 is 1.31 bits per heavy atom. The van der Waals surface area contributed by atoms with Crippen LogP contribution >= 0.6 is 0 Å². The number of nitrogens with zero attached hydrogens (tertiary/aromatic N) is 3. The molecule has 1 heterocycles. The van der Waals surface area contributed by atoms with E-state index in [1.807, 2.05) is 0 Å². The third-order valence-corrected chi connectivity index (χ3v) is 1.92. The van der Waals surface area contributed by atoms with E-state index in [0.29, 0.717) is 5.69 Å². The summed E-state index contributed by atoms with van der Waals surface area (Å²) in [5, 5.41) is 0. The van der Waals surface area contributed by atoms with Crippen molar-refractivity contribution in [3.63, 3.8) is 0 Å². The van der Waals surface area contributed by atoms with E-state index in [9.17, 15) is 13.2 Å². The van der Waals surface area contributed by atoms with Crippen LogP contribution in [-0.4, -0.2) is 35.8 Å². The van der Waals surface area contributed by atoms with Crippen molar-refractivity contribution < 1.29 is 13.2 Å². The molecule has 0 fully saturated rings. The second-order valence-electron chi connectivity index (χ2n) is 3.29. The zero-order valence-corrected chi connectivity index (χ0v) is 8.83. The monoisotopic (exact) mass is 234 g/mol. The Labute approximate surface area is 91.3 Å². The molecule has 0 aromatic carbocycles. The number of halogens is 3. The smallest absolute Gasteiger partial charge is 0.345 e. The first-order valence-electron chi connectivity index (χ1n) is 4.73. The summed E-state index contributed by atoms with van der Waals surface area (Å²) in [6, 6.07) is 0. The highest BCUT2D eigenvalue weighted by Crippen LogP contribution is 2.21. The molecule has 1 aromatic heterocycles. The van der Waals surface area contributed by atoms with E-state index in [1.54, 1.807) is 6.92 Å². The van der Waals surface area contributed by atoms with Crippen molar-refractivity contribution in [1.29, 1.82) is 0 Å². The Morgan fingerprint density at radius 3 is 2.44 bits per heavy atom. The average molecular weight is 234 g/mol. The molecule has 1 rings (SSSR count). The third kappa shape index (κ3) is 3.65. The summed E-state index contributed by atoms with van der Waals surface area (Å²) in [6.45, 7) is 0.775. The number of hydrogen-bond acceptors (Lipinski definition) is 4. The van der Waals surface area contributed by atoms with Crippen LogP contribution in [0.15, 0.2) is 12.4 Å². The number of alkyl halides is 3. The van der Waals surface area contributed by atoms with Gasteiger partial charge in [-0.1, -0.05) is 0 Å². The molecule has 2 N–H and O–H groups in total. The molecule has 4 nitrogen and oxygen atoms in total. The first-order valence-corrected chi connectivity index (χ1v) is 4.73. The van der Waals surface area contributed by atoms with Crippen molar-refractivity contribution in [3.8, 4) is 0 Å². The molecule has 0 atom stereocenters. The molecule has 0 saturated carbocycles. The van der Waals surface area contributed by atoms with Crippen LogP contribution in [0.2, 0.25) is 0 Å². The molecular weight excluding hydrogens is 221 g/mol. The number of nitrogens with two attached hydrogens (primary N) is 1. The maximum atomic E-state index is 12.3. The summed E-state index contributed by atoms with van der Waals surface area (Å²) in [5.41, 5.74) is 5.74. The summed E-state index contributed by atoms with van der Waals surface area (Å²) in [5.74, 6) is 0.227. The summed E-state index contributed by atoms with van der Waals surface area (Å²) in [7, 11) is 0. The number of aromatic nitrogens is 2. The van der Waals surface area contributed by atoms with E-state index < -0.39 is 12.7 Å². The van der Waals surface area contributed by atoms with Gasteiger partial charge in [0.05, 0.1) is 5.69 Å². The normalized spacial score (nSPS) is 11.6. The van der Waals surface area contributed by atoms with Gasteiger partial charge in [0.1, 0.15) is 12.4 Å². The van der Waals surface area contributed by atoms with Gasteiger partial charge < -0.3 is 10.6 Å². The van der Waals surface area contributed by atoms with Gasteiger partial charge in [0.25, 0.3) is 0 Å². The fourth-order valence-electron chi connectivity index (χ4n) is 1.34. The molecule has 0 spiro atoms. The fourth-order valence-corrected chi connectivity index (χ4v) is 1.34. The predicted octanol–water partition coefficient (Wildman–Crippen LogP) is 1.11. The van der Waals surface area contributed by atoms with Crippen LogP contribution in [0.25, 0.3) is 0 Å². The molecule has 1 aromatic rings. The van der Waals surface area contributed by atoms with Crippen LogP contribution in [0.1, 0.15) is 5.69 Å². The summed E-state index contributed by atoms with van der Waals surface area (Å²) >= 11 is 0. The lowest BCUT2D eigenvalue weighted by atomic mass is 10.3. The van der Waals surface area contributed by atoms with Crippen LogP contribution in [0.5, 0.6) is 0 Å². The standard InChI is InChI=1S/C9H13F3N4/c1-7-8(15-4-3-14-7)16(5-2-13)6-9(10,11)12/h3-4H,2,5-6,13H2,1H3. The van der Waals surface area contributed by atoms with Gasteiger partial charge in [-0.25, -0.2) is 4.98 Å². The Bertz CT molecular complexity index is 340. The second kappa shape index (κ2) is 5.11. The van der Waals surface area contributed by atoms with E-state index in [2.05, 4.69) is 9.97 Å². The summed E-state index contributed by atoms with van der Waals surface area (Å²) < 4.78 is 36.9. The topological polar surface area (TPSA) is 55.0 Å². The highest BCUT2D eigenvalue weighted by Gasteiger charge is 2.31. The summed E-state index contributed by atoms with van der Waals surface area (Å²) in [6.07, 6.45) is -1.48. The summed E-state index contributed by atoms with van der Waals surface area (Å²) in [4.78, 5) is 8.87. The van der Waals surface area contributed by atoms with Crippen LogP contribution in [-0.2, 0) is 0 Å². The lowest BCUT2D eigenvalue weighted by molar-refractivity contribution is -0.119. The minimum Gasteiger partial charge on any atom is -0.345 e. The highest BCUT2D eigenvalue weighted by molar-refractivity contribution is 5.42. The highest BCUT2D eigenvalue weighted by atomic mass is 19.4. The Morgan fingerprint density at radius 2 is 1.94 bits per heavy atom. The van der Waals surface area contributed by atoms with Crippen molar-refractivity contribution in [1.82, 2.24) is 9.97 Å². The van der Waals surface area contributed by atoms with Crippen molar-refractivity contribution >= 4 is 5.82 Å². The molecule has 7 heteroatoms. The van der Waals surface area contributed by atoms with Crippen LogP contribution in [0.4, 0.5) is 19.0 Å². The number of rotatable bonds is 4. The molecule has 0 bridgehead atoms. The zero-order valence-electron chi connectivity index (χ0n) is 8.83. The van der Waals surface area contributed by atoms with Gasteiger partial charge in [-0.15, -0.1) is 0 Å². The molecular formula is C9H13F3N4. The van der Waals surface area contributed by atoms with Crippen molar-refractivity contribution in [2.45, 2.75) is 13.1 Å². The Kier molecular flexibility index (Phi) is 4.05. The molecule has 0 saturated heterocycles. The predicted molar refractivity (Wildman–Crippen MR) is 54.1 cm³/mol. The SMILES string of the molecule is Cc1nccnc1N(CCN)CC(F)(F)F. The molecule has 0 aliphatic carbocycles. The number of hydrogen-bond donors (Lipinski definition) is 1. The lowest BCUT2D eigenvalue weighted by Crippen LogP contribution is -2.38. The Hall–Kier alpha value is -1.37.